The lowest BCUT2D eigenvalue weighted by Crippen LogP contribution is -1.98. The Balaban J connectivity index is 2.32. The molecule has 1 aromatic heterocycles. The number of aromatic carboxylic acids is 1. The summed E-state index contributed by atoms with van der Waals surface area (Å²) in [7, 11) is 0. The van der Waals surface area contributed by atoms with Crippen LogP contribution in [0.25, 0.3) is 0 Å². The average molecular weight is 314 g/mol. The second-order valence-corrected chi connectivity index (χ2v) is 5.82. The molecule has 1 heterocycles. The first-order chi connectivity index (χ1) is 9.52. The van der Waals surface area contributed by atoms with Gasteiger partial charge in [0.2, 0.25) is 0 Å². The smallest absolute Gasteiger partial charge is 0.347 e. The number of benzene rings is 1. The van der Waals surface area contributed by atoms with Gasteiger partial charge in [-0.05, 0) is 18.1 Å². The Morgan fingerprint density at radius 1 is 1.50 bits per heavy atom. The van der Waals surface area contributed by atoms with Crippen LogP contribution in [0.4, 0.5) is 4.39 Å². The number of halogens is 2. The van der Waals surface area contributed by atoms with Gasteiger partial charge in [0.1, 0.15) is 10.7 Å². The highest BCUT2D eigenvalue weighted by molar-refractivity contribution is 7.13. The van der Waals surface area contributed by atoms with Gasteiger partial charge in [0, 0.05) is 6.42 Å². The quantitative estimate of drug-likeness (QED) is 0.901. The highest BCUT2D eigenvalue weighted by Gasteiger charge is 2.18. The van der Waals surface area contributed by atoms with E-state index in [1.54, 1.807) is 12.1 Å². The second-order valence-electron chi connectivity index (χ2n) is 4.33. The molecule has 0 saturated heterocycles. The maximum absolute atomic E-state index is 13.8. The number of hydrogen-bond donors (Lipinski definition) is 1. The molecule has 20 heavy (non-hydrogen) atoms. The van der Waals surface area contributed by atoms with Gasteiger partial charge in [-0.25, -0.2) is 14.2 Å². The maximum atomic E-state index is 13.8. The van der Waals surface area contributed by atoms with Crippen LogP contribution in [-0.2, 0) is 12.8 Å². The van der Waals surface area contributed by atoms with Gasteiger partial charge in [-0.3, -0.25) is 0 Å². The molecular weight excluding hydrogens is 301 g/mol. The normalized spacial score (nSPS) is 10.8. The van der Waals surface area contributed by atoms with Crippen LogP contribution in [0, 0.1) is 5.82 Å². The number of carbonyl (C=O) groups is 1. The summed E-state index contributed by atoms with van der Waals surface area (Å²) < 4.78 is 13.8. The largest absolute Gasteiger partial charge is 0.477 e. The number of thiazole rings is 1. The zero-order chi connectivity index (χ0) is 14.7. The van der Waals surface area contributed by atoms with Gasteiger partial charge in [-0.2, -0.15) is 0 Å². The number of hydrogen-bond acceptors (Lipinski definition) is 3. The summed E-state index contributed by atoms with van der Waals surface area (Å²) in [4.78, 5) is 15.7. The zero-order valence-electron chi connectivity index (χ0n) is 10.8. The monoisotopic (exact) mass is 313 g/mol. The van der Waals surface area contributed by atoms with Crippen molar-refractivity contribution in [1.82, 2.24) is 4.98 Å². The van der Waals surface area contributed by atoms with Crippen molar-refractivity contribution in [3.63, 3.8) is 0 Å². The Hall–Kier alpha value is -1.46. The Bertz CT molecular complexity index is 642. The SMILES string of the molecule is CCCc1nc(Cc2cccc(Cl)c2F)sc1C(=O)O. The van der Waals surface area contributed by atoms with E-state index in [9.17, 15) is 9.18 Å². The first-order valence-electron chi connectivity index (χ1n) is 6.17. The molecule has 2 aromatic rings. The van der Waals surface area contributed by atoms with E-state index in [0.29, 0.717) is 22.7 Å². The molecular formula is C14H13ClFNO2S. The van der Waals surface area contributed by atoms with E-state index >= 15 is 0 Å². The number of aryl methyl sites for hydroxylation is 1. The van der Waals surface area contributed by atoms with Gasteiger partial charge >= 0.3 is 5.97 Å². The Labute approximate surface area is 125 Å². The van der Waals surface area contributed by atoms with Gasteiger partial charge in [0.25, 0.3) is 0 Å². The highest BCUT2D eigenvalue weighted by Crippen LogP contribution is 2.25. The van der Waals surface area contributed by atoms with Crippen molar-refractivity contribution in [1.29, 1.82) is 0 Å². The van der Waals surface area contributed by atoms with Crippen LogP contribution >= 0.6 is 22.9 Å². The van der Waals surface area contributed by atoms with Crippen molar-refractivity contribution < 1.29 is 14.3 Å². The third-order valence-electron chi connectivity index (χ3n) is 2.80. The van der Waals surface area contributed by atoms with Crippen molar-refractivity contribution >= 4 is 28.9 Å². The molecule has 1 N–H and O–H groups in total. The fourth-order valence-electron chi connectivity index (χ4n) is 1.90. The highest BCUT2D eigenvalue weighted by atomic mass is 35.5. The van der Waals surface area contributed by atoms with E-state index in [2.05, 4.69) is 4.98 Å². The predicted molar refractivity (Wildman–Crippen MR) is 77.3 cm³/mol. The van der Waals surface area contributed by atoms with Crippen molar-refractivity contribution in [3.05, 3.63) is 50.2 Å². The third kappa shape index (κ3) is 3.16. The molecule has 2 rings (SSSR count). The van der Waals surface area contributed by atoms with Crippen molar-refractivity contribution in [3.8, 4) is 0 Å². The lowest BCUT2D eigenvalue weighted by Gasteiger charge is -2.01. The molecule has 0 fully saturated rings. The van der Waals surface area contributed by atoms with Crippen molar-refractivity contribution in [2.24, 2.45) is 0 Å². The number of carboxylic acids is 1. The molecule has 3 nitrogen and oxygen atoms in total. The molecule has 106 valence electrons. The van der Waals surface area contributed by atoms with Crippen LogP contribution in [0.5, 0.6) is 0 Å². The Morgan fingerprint density at radius 2 is 2.25 bits per heavy atom. The first-order valence-corrected chi connectivity index (χ1v) is 7.37. The van der Waals surface area contributed by atoms with Gasteiger partial charge in [0.15, 0.2) is 0 Å². The van der Waals surface area contributed by atoms with Gasteiger partial charge in [-0.15, -0.1) is 11.3 Å². The fraction of sp³-hybridized carbons (Fsp3) is 0.286. The standard InChI is InChI=1S/C14H13ClFNO2S/c1-2-4-10-13(14(18)19)20-11(17-10)7-8-5-3-6-9(15)12(8)16/h3,5-6H,2,4,7H2,1H3,(H,18,19). The average Bonchev–Trinajstić information content (AvgIpc) is 2.79. The van der Waals surface area contributed by atoms with Crippen LogP contribution in [0.3, 0.4) is 0 Å². The summed E-state index contributed by atoms with van der Waals surface area (Å²) >= 11 is 6.83. The molecule has 0 spiro atoms. The van der Waals surface area contributed by atoms with Crippen molar-refractivity contribution in [2.45, 2.75) is 26.2 Å². The van der Waals surface area contributed by atoms with Crippen LogP contribution in [0.2, 0.25) is 5.02 Å². The minimum atomic E-state index is -0.983. The fourth-order valence-corrected chi connectivity index (χ4v) is 3.06. The summed E-state index contributed by atoms with van der Waals surface area (Å²) in [6.45, 7) is 1.96. The van der Waals surface area contributed by atoms with Crippen LogP contribution in [-0.4, -0.2) is 16.1 Å². The topological polar surface area (TPSA) is 50.2 Å². The first kappa shape index (κ1) is 14.9. The van der Waals surface area contributed by atoms with E-state index < -0.39 is 11.8 Å². The minimum Gasteiger partial charge on any atom is -0.477 e. The molecule has 1 aromatic carbocycles. The van der Waals surface area contributed by atoms with Crippen LogP contribution in [0.15, 0.2) is 18.2 Å². The summed E-state index contributed by atoms with van der Waals surface area (Å²) in [6, 6.07) is 4.77. The molecule has 0 aliphatic rings. The maximum Gasteiger partial charge on any atom is 0.347 e. The summed E-state index contributed by atoms with van der Waals surface area (Å²) in [5.41, 5.74) is 0.994. The number of aromatic nitrogens is 1. The van der Waals surface area contributed by atoms with Crippen LogP contribution in [0.1, 0.15) is 39.3 Å². The lowest BCUT2D eigenvalue weighted by molar-refractivity contribution is 0.0700. The molecule has 0 unspecified atom stereocenters. The Kier molecular flexibility index (Phi) is 4.73. The predicted octanol–water partition coefficient (Wildman–Crippen LogP) is 4.18. The number of carboxylic acid groups (broad SMARTS) is 1. The van der Waals surface area contributed by atoms with E-state index in [4.69, 9.17) is 16.7 Å². The van der Waals surface area contributed by atoms with Gasteiger partial charge < -0.3 is 5.11 Å². The van der Waals surface area contributed by atoms with Crippen molar-refractivity contribution in [2.75, 3.05) is 0 Å². The van der Waals surface area contributed by atoms with E-state index in [1.807, 2.05) is 6.92 Å². The van der Waals surface area contributed by atoms with Gasteiger partial charge in [0.05, 0.1) is 15.7 Å². The van der Waals surface area contributed by atoms with E-state index in [-0.39, 0.29) is 16.3 Å². The Morgan fingerprint density at radius 3 is 2.90 bits per heavy atom. The summed E-state index contributed by atoms with van der Waals surface area (Å²) in [5.74, 6) is -1.46. The summed E-state index contributed by atoms with van der Waals surface area (Å²) in [5, 5.41) is 9.80. The lowest BCUT2D eigenvalue weighted by atomic mass is 10.1. The molecule has 0 radical (unpaired) electrons. The molecule has 0 saturated carbocycles. The minimum absolute atomic E-state index is 0.0614. The molecule has 6 heteroatoms. The number of rotatable bonds is 5. The van der Waals surface area contributed by atoms with E-state index in [1.165, 1.54) is 6.07 Å². The molecule has 0 amide bonds. The molecule has 0 atom stereocenters. The molecule has 0 aliphatic heterocycles. The number of nitrogens with zero attached hydrogens (tertiary/aromatic N) is 1. The molecule has 0 aliphatic carbocycles. The summed E-state index contributed by atoms with van der Waals surface area (Å²) in [6.07, 6.45) is 1.67. The molecule has 0 bridgehead atoms. The zero-order valence-corrected chi connectivity index (χ0v) is 12.4. The second kappa shape index (κ2) is 6.33. The van der Waals surface area contributed by atoms with Gasteiger partial charge in [-0.1, -0.05) is 37.1 Å². The third-order valence-corrected chi connectivity index (χ3v) is 4.17. The van der Waals surface area contributed by atoms with Crippen LogP contribution < -0.4 is 0 Å². The van der Waals surface area contributed by atoms with E-state index in [0.717, 1.165) is 17.8 Å².